The van der Waals surface area contributed by atoms with Crippen molar-refractivity contribution >= 4 is 34.2 Å². The molecule has 0 aliphatic heterocycles. The fourth-order valence-electron chi connectivity index (χ4n) is 2.71. The number of carbonyl (C=O) groups excluding carboxylic acids is 2. The predicted molar refractivity (Wildman–Crippen MR) is 108 cm³/mol. The number of fused-ring (bicyclic) bond motifs is 1. The number of hydrogen-bond donors (Lipinski definition) is 1. The van der Waals surface area contributed by atoms with E-state index in [1.54, 1.807) is 18.2 Å². The summed E-state index contributed by atoms with van der Waals surface area (Å²) in [4.78, 5) is 23.8. The topological polar surface area (TPSA) is 64.6 Å². The molecule has 0 aromatic heterocycles. The van der Waals surface area contributed by atoms with Crippen LogP contribution < -0.4 is 10.1 Å². The lowest BCUT2D eigenvalue weighted by atomic mass is 10.1. The lowest BCUT2D eigenvalue weighted by Gasteiger charge is -2.14. The van der Waals surface area contributed by atoms with Crippen LogP contribution in [0.4, 0.5) is 0 Å². The predicted octanol–water partition coefficient (Wildman–Crippen LogP) is 4.29. The molecule has 3 rings (SSSR count). The van der Waals surface area contributed by atoms with Gasteiger partial charge in [0.15, 0.2) is 13.2 Å². The Bertz CT molecular complexity index is 972. The number of rotatable bonds is 7. The van der Waals surface area contributed by atoms with Crippen molar-refractivity contribution in [1.29, 1.82) is 0 Å². The average Bonchev–Trinajstić information content (AvgIpc) is 2.71. The van der Waals surface area contributed by atoms with Gasteiger partial charge in [0.25, 0.3) is 5.91 Å². The van der Waals surface area contributed by atoms with E-state index in [0.717, 1.165) is 16.3 Å². The Labute approximate surface area is 168 Å². The summed E-state index contributed by atoms with van der Waals surface area (Å²) in [5.74, 6) is -0.430. The van der Waals surface area contributed by atoms with Gasteiger partial charge < -0.3 is 14.8 Å². The van der Waals surface area contributed by atoms with E-state index < -0.39 is 5.97 Å². The molecule has 0 unspecified atom stereocenters. The maximum atomic E-state index is 12.0. The summed E-state index contributed by atoms with van der Waals surface area (Å²) in [5, 5.41) is 5.50. The quantitative estimate of drug-likeness (QED) is 0.604. The van der Waals surface area contributed by atoms with Gasteiger partial charge in [-0.25, -0.2) is 4.79 Å². The maximum Gasteiger partial charge on any atom is 0.344 e. The van der Waals surface area contributed by atoms with Crippen molar-refractivity contribution in [1.82, 2.24) is 5.32 Å². The molecule has 0 saturated heterocycles. The molecule has 0 spiro atoms. The van der Waals surface area contributed by atoms with Gasteiger partial charge in [-0.05, 0) is 47.5 Å². The van der Waals surface area contributed by atoms with Crippen molar-refractivity contribution in [3.05, 3.63) is 77.3 Å². The number of hydrogen-bond acceptors (Lipinski definition) is 4. The first-order valence-electron chi connectivity index (χ1n) is 8.83. The van der Waals surface area contributed by atoms with Gasteiger partial charge in [0.2, 0.25) is 0 Å². The lowest BCUT2D eigenvalue weighted by Crippen LogP contribution is -2.31. The van der Waals surface area contributed by atoms with Crippen LogP contribution in [0, 0.1) is 0 Å². The van der Waals surface area contributed by atoms with Crippen LogP contribution in [0.3, 0.4) is 0 Å². The fraction of sp³-hybridized carbons (Fsp3) is 0.182. The molecular weight excluding hydrogens is 378 g/mol. The molecule has 1 atom stereocenters. The first-order valence-corrected chi connectivity index (χ1v) is 9.21. The van der Waals surface area contributed by atoms with E-state index >= 15 is 0 Å². The second kappa shape index (κ2) is 9.24. The minimum Gasteiger partial charge on any atom is -0.482 e. The van der Waals surface area contributed by atoms with Gasteiger partial charge in [0.05, 0.1) is 6.04 Å². The Balaban J connectivity index is 1.43. The van der Waals surface area contributed by atoms with Crippen LogP contribution in [0.1, 0.15) is 18.5 Å². The van der Waals surface area contributed by atoms with Crippen LogP contribution in [0.5, 0.6) is 5.75 Å². The normalized spacial score (nSPS) is 11.6. The van der Waals surface area contributed by atoms with Gasteiger partial charge in [-0.2, -0.15) is 0 Å². The smallest absolute Gasteiger partial charge is 0.344 e. The molecule has 6 heteroatoms. The van der Waals surface area contributed by atoms with E-state index in [0.29, 0.717) is 10.8 Å². The monoisotopic (exact) mass is 397 g/mol. The zero-order valence-electron chi connectivity index (χ0n) is 15.4. The molecule has 0 radical (unpaired) electrons. The average molecular weight is 398 g/mol. The standard InChI is InChI=1S/C22H20ClNO4/c1-15(16-6-9-19(23)10-7-16)24-21(25)13-28-22(26)14-27-20-11-8-17-4-2-3-5-18(17)12-20/h2-12,15H,13-14H2,1H3,(H,24,25)/t15-/m0/s1. The SMILES string of the molecule is C[C@H](NC(=O)COC(=O)COc1ccc2ccccc2c1)c1ccc(Cl)cc1. The largest absolute Gasteiger partial charge is 0.482 e. The fourth-order valence-corrected chi connectivity index (χ4v) is 2.83. The van der Waals surface area contributed by atoms with Gasteiger partial charge >= 0.3 is 5.97 Å². The Kier molecular flexibility index (Phi) is 6.50. The van der Waals surface area contributed by atoms with Crippen LogP contribution >= 0.6 is 11.6 Å². The zero-order chi connectivity index (χ0) is 19.9. The van der Waals surface area contributed by atoms with Crippen molar-refractivity contribution in [2.45, 2.75) is 13.0 Å². The highest BCUT2D eigenvalue weighted by molar-refractivity contribution is 6.30. The van der Waals surface area contributed by atoms with Gasteiger partial charge in [-0.1, -0.05) is 54.1 Å². The summed E-state index contributed by atoms with van der Waals surface area (Å²) in [7, 11) is 0. The molecule has 28 heavy (non-hydrogen) atoms. The molecule has 0 fully saturated rings. The molecule has 1 N–H and O–H groups in total. The molecule has 1 amide bonds. The van der Waals surface area contributed by atoms with Crippen molar-refractivity contribution < 1.29 is 19.1 Å². The molecular formula is C22H20ClNO4. The molecule has 0 bridgehead atoms. The summed E-state index contributed by atoms with van der Waals surface area (Å²) >= 11 is 5.85. The number of nitrogens with one attached hydrogen (secondary N) is 1. The van der Waals surface area contributed by atoms with E-state index in [1.807, 2.05) is 55.5 Å². The van der Waals surface area contributed by atoms with E-state index in [4.69, 9.17) is 21.1 Å². The first kappa shape index (κ1) is 19.7. The minimum absolute atomic E-state index is 0.225. The second-order valence-corrected chi connectivity index (χ2v) is 6.74. The van der Waals surface area contributed by atoms with Crippen LogP contribution in [0.15, 0.2) is 66.7 Å². The maximum absolute atomic E-state index is 12.0. The number of amides is 1. The summed E-state index contributed by atoms with van der Waals surface area (Å²) in [6.45, 7) is 1.21. The molecule has 0 aliphatic rings. The zero-order valence-corrected chi connectivity index (χ0v) is 16.1. The Morgan fingerprint density at radius 3 is 2.43 bits per heavy atom. The van der Waals surface area contributed by atoms with E-state index in [-0.39, 0.29) is 25.2 Å². The van der Waals surface area contributed by atoms with Gasteiger partial charge in [-0.3, -0.25) is 4.79 Å². The summed E-state index contributed by atoms with van der Waals surface area (Å²) in [6.07, 6.45) is 0. The number of esters is 1. The third-order valence-corrected chi connectivity index (χ3v) is 4.44. The number of halogens is 1. The van der Waals surface area contributed by atoms with E-state index in [9.17, 15) is 9.59 Å². The second-order valence-electron chi connectivity index (χ2n) is 6.30. The van der Waals surface area contributed by atoms with E-state index in [2.05, 4.69) is 5.32 Å². The number of carbonyl (C=O) groups is 2. The highest BCUT2D eigenvalue weighted by Crippen LogP contribution is 2.20. The Morgan fingerprint density at radius 2 is 1.68 bits per heavy atom. The molecule has 3 aromatic carbocycles. The summed E-state index contributed by atoms with van der Waals surface area (Å²) in [5.41, 5.74) is 0.906. The van der Waals surface area contributed by atoms with Crippen LogP contribution in [0.25, 0.3) is 10.8 Å². The lowest BCUT2D eigenvalue weighted by molar-refractivity contribution is -0.150. The first-order chi connectivity index (χ1) is 13.5. The number of ether oxygens (including phenoxy) is 2. The van der Waals surface area contributed by atoms with E-state index in [1.165, 1.54) is 0 Å². The summed E-state index contributed by atoms with van der Waals surface area (Å²) in [6, 6.07) is 20.4. The highest BCUT2D eigenvalue weighted by atomic mass is 35.5. The number of benzene rings is 3. The molecule has 0 aliphatic carbocycles. The Morgan fingerprint density at radius 1 is 0.964 bits per heavy atom. The van der Waals surface area contributed by atoms with Crippen molar-refractivity contribution in [2.24, 2.45) is 0 Å². The van der Waals surface area contributed by atoms with Crippen molar-refractivity contribution in [2.75, 3.05) is 13.2 Å². The van der Waals surface area contributed by atoms with Crippen molar-refractivity contribution in [3.63, 3.8) is 0 Å². The van der Waals surface area contributed by atoms with Crippen molar-refractivity contribution in [3.8, 4) is 5.75 Å². The van der Waals surface area contributed by atoms with Crippen LogP contribution in [-0.2, 0) is 14.3 Å². The molecule has 0 saturated carbocycles. The van der Waals surface area contributed by atoms with Crippen LogP contribution in [0.2, 0.25) is 5.02 Å². The third kappa shape index (κ3) is 5.47. The third-order valence-electron chi connectivity index (χ3n) is 4.19. The van der Waals surface area contributed by atoms with Crippen LogP contribution in [-0.4, -0.2) is 25.1 Å². The minimum atomic E-state index is -0.609. The molecule has 144 valence electrons. The summed E-state index contributed by atoms with van der Waals surface area (Å²) < 4.78 is 10.4. The van der Waals surface area contributed by atoms with Gasteiger partial charge in [0, 0.05) is 5.02 Å². The highest BCUT2D eigenvalue weighted by Gasteiger charge is 2.12. The van der Waals surface area contributed by atoms with Gasteiger partial charge in [-0.15, -0.1) is 0 Å². The molecule has 5 nitrogen and oxygen atoms in total. The molecule has 0 heterocycles. The van der Waals surface area contributed by atoms with Gasteiger partial charge in [0.1, 0.15) is 5.75 Å². The Hall–Kier alpha value is -3.05. The molecule has 3 aromatic rings.